The molecule has 2 fully saturated rings. The zero-order valence-electron chi connectivity index (χ0n) is 16.4. The second-order valence-electron chi connectivity index (χ2n) is 6.92. The van der Waals surface area contributed by atoms with Gasteiger partial charge in [0.15, 0.2) is 0 Å². The molecule has 9 heteroatoms. The Balaban J connectivity index is 1.61. The summed E-state index contributed by atoms with van der Waals surface area (Å²) in [6.07, 6.45) is 2.01. The molecular weight excluding hydrogens is 379 g/mol. The molecular formula is C20H25FN4O4. The minimum absolute atomic E-state index is 0.197. The summed E-state index contributed by atoms with van der Waals surface area (Å²) < 4.78 is 20.0. The molecule has 1 aromatic carbocycles. The maximum Gasteiger partial charge on any atom is 0.414 e. The summed E-state index contributed by atoms with van der Waals surface area (Å²) in [6.45, 7) is 7.09. The van der Waals surface area contributed by atoms with Gasteiger partial charge < -0.3 is 19.8 Å². The first-order chi connectivity index (χ1) is 14.0. The Labute approximate surface area is 168 Å². The number of hydrogen-bond donors (Lipinski definition) is 1. The lowest BCUT2D eigenvalue weighted by atomic mass is 10.1. The van der Waals surface area contributed by atoms with Gasteiger partial charge in [0.25, 0.3) is 0 Å². The van der Waals surface area contributed by atoms with Crippen LogP contribution in [0.1, 0.15) is 19.8 Å². The zero-order chi connectivity index (χ0) is 20.8. The van der Waals surface area contributed by atoms with Crippen LogP contribution in [0.5, 0.6) is 0 Å². The molecule has 2 aliphatic rings. The van der Waals surface area contributed by atoms with E-state index in [0.29, 0.717) is 43.9 Å². The van der Waals surface area contributed by atoms with Gasteiger partial charge in [-0.2, -0.15) is 0 Å². The van der Waals surface area contributed by atoms with Crippen LogP contribution in [0.3, 0.4) is 0 Å². The average molecular weight is 404 g/mol. The third-order valence-electron chi connectivity index (χ3n) is 4.76. The average Bonchev–Trinajstić information content (AvgIpc) is 3.08. The van der Waals surface area contributed by atoms with Crippen molar-refractivity contribution < 1.29 is 23.6 Å². The van der Waals surface area contributed by atoms with Gasteiger partial charge in [0, 0.05) is 32.9 Å². The fraction of sp³-hybridized carbons (Fsp3) is 0.450. The van der Waals surface area contributed by atoms with Crippen molar-refractivity contribution in [3.8, 4) is 0 Å². The van der Waals surface area contributed by atoms with Gasteiger partial charge in [-0.25, -0.2) is 9.18 Å². The number of amides is 2. The Hall–Kier alpha value is -3.10. The van der Waals surface area contributed by atoms with Crippen molar-refractivity contribution in [3.63, 3.8) is 0 Å². The first-order valence-corrected chi connectivity index (χ1v) is 9.53. The summed E-state index contributed by atoms with van der Waals surface area (Å²) in [5.41, 5.74) is 1.87. The molecule has 0 spiro atoms. The largest absolute Gasteiger partial charge is 0.442 e. The fourth-order valence-electron chi connectivity index (χ4n) is 3.29. The molecule has 8 nitrogen and oxygen atoms in total. The van der Waals surface area contributed by atoms with Gasteiger partial charge in [0.05, 0.1) is 30.2 Å². The van der Waals surface area contributed by atoms with Crippen LogP contribution in [0, 0.1) is 5.82 Å². The van der Waals surface area contributed by atoms with Gasteiger partial charge >= 0.3 is 6.09 Å². The molecule has 2 heterocycles. The van der Waals surface area contributed by atoms with Gasteiger partial charge in [-0.15, -0.1) is 0 Å². The number of ether oxygens (including phenoxy) is 1. The van der Waals surface area contributed by atoms with Crippen molar-refractivity contribution in [2.24, 2.45) is 5.16 Å². The van der Waals surface area contributed by atoms with Crippen molar-refractivity contribution >= 4 is 29.1 Å². The molecule has 0 radical (unpaired) electrons. The predicted octanol–water partition coefficient (Wildman–Crippen LogP) is 2.45. The minimum Gasteiger partial charge on any atom is -0.442 e. The lowest BCUT2D eigenvalue weighted by molar-refractivity contribution is -0.119. The van der Waals surface area contributed by atoms with E-state index in [1.54, 1.807) is 18.2 Å². The van der Waals surface area contributed by atoms with Crippen molar-refractivity contribution in [2.75, 3.05) is 42.6 Å². The number of carbonyl (C=O) groups is 2. The highest BCUT2D eigenvalue weighted by Crippen LogP contribution is 2.29. The third kappa shape index (κ3) is 5.24. The van der Waals surface area contributed by atoms with E-state index in [1.807, 2.05) is 4.90 Å². The highest BCUT2D eigenvalue weighted by atomic mass is 19.1. The summed E-state index contributed by atoms with van der Waals surface area (Å²) in [6, 6.07) is 4.72. The molecule has 156 valence electrons. The van der Waals surface area contributed by atoms with E-state index in [0.717, 1.165) is 5.71 Å². The number of benzene rings is 1. The van der Waals surface area contributed by atoms with E-state index in [4.69, 9.17) is 9.57 Å². The van der Waals surface area contributed by atoms with Crippen LogP contribution in [0.25, 0.3) is 0 Å². The van der Waals surface area contributed by atoms with E-state index in [9.17, 15) is 14.0 Å². The van der Waals surface area contributed by atoms with Crippen LogP contribution >= 0.6 is 0 Å². The molecule has 1 unspecified atom stereocenters. The summed E-state index contributed by atoms with van der Waals surface area (Å²) in [7, 11) is 0. The number of nitrogens with zero attached hydrogens (tertiary/aromatic N) is 3. The Bertz CT molecular complexity index is 804. The van der Waals surface area contributed by atoms with Crippen molar-refractivity contribution in [2.45, 2.75) is 25.9 Å². The molecule has 1 N–H and O–H groups in total. The number of carbonyl (C=O) groups excluding carboxylic acids is 2. The fourth-order valence-corrected chi connectivity index (χ4v) is 3.29. The van der Waals surface area contributed by atoms with Crippen molar-refractivity contribution in [3.05, 3.63) is 36.7 Å². The predicted molar refractivity (Wildman–Crippen MR) is 108 cm³/mol. The number of halogens is 1. The van der Waals surface area contributed by atoms with E-state index in [1.165, 1.54) is 17.9 Å². The molecule has 3 rings (SSSR count). The molecule has 0 bridgehead atoms. The quantitative estimate of drug-likeness (QED) is 0.429. The summed E-state index contributed by atoms with van der Waals surface area (Å²) in [5.74, 6) is -0.596. The summed E-state index contributed by atoms with van der Waals surface area (Å²) in [5, 5.41) is 6.69. The number of piperidine rings is 1. The molecule has 29 heavy (non-hydrogen) atoms. The molecule has 1 atom stereocenters. The van der Waals surface area contributed by atoms with Gasteiger partial charge in [-0.3, -0.25) is 9.69 Å². The number of hydrogen-bond acceptors (Lipinski definition) is 6. The number of anilines is 2. The highest BCUT2D eigenvalue weighted by molar-refractivity contribution is 5.90. The van der Waals surface area contributed by atoms with E-state index >= 15 is 0 Å². The second-order valence-corrected chi connectivity index (χ2v) is 6.92. The zero-order valence-corrected chi connectivity index (χ0v) is 16.4. The lowest BCUT2D eigenvalue weighted by Crippen LogP contribution is -2.35. The van der Waals surface area contributed by atoms with Crippen LogP contribution in [-0.2, 0) is 14.4 Å². The van der Waals surface area contributed by atoms with Crippen LogP contribution in [0.2, 0.25) is 0 Å². The van der Waals surface area contributed by atoms with Gasteiger partial charge in [-0.1, -0.05) is 17.8 Å². The maximum absolute atomic E-state index is 14.8. The SMILES string of the molecule is C=CCON=C1CCN(c2ccc(N3CC(CNC(C)=O)OC3=O)cc2F)CC1. The van der Waals surface area contributed by atoms with Crippen LogP contribution in [0.4, 0.5) is 20.6 Å². The van der Waals surface area contributed by atoms with E-state index in [2.05, 4.69) is 17.1 Å². The Kier molecular flexibility index (Phi) is 6.69. The Morgan fingerprint density at radius 2 is 2.21 bits per heavy atom. The smallest absolute Gasteiger partial charge is 0.414 e. The molecule has 2 amide bonds. The first-order valence-electron chi connectivity index (χ1n) is 9.53. The van der Waals surface area contributed by atoms with Crippen LogP contribution < -0.4 is 15.1 Å². The highest BCUT2D eigenvalue weighted by Gasteiger charge is 2.33. The monoisotopic (exact) mass is 404 g/mol. The molecule has 2 saturated heterocycles. The summed E-state index contributed by atoms with van der Waals surface area (Å²) >= 11 is 0. The molecule has 1 aromatic rings. The maximum atomic E-state index is 14.8. The van der Waals surface area contributed by atoms with E-state index in [-0.39, 0.29) is 19.0 Å². The number of cyclic esters (lactones) is 1. The van der Waals surface area contributed by atoms with E-state index < -0.39 is 18.0 Å². The number of rotatable bonds is 7. The minimum atomic E-state index is -0.550. The summed E-state index contributed by atoms with van der Waals surface area (Å²) in [4.78, 5) is 31.6. The van der Waals surface area contributed by atoms with Crippen LogP contribution in [-0.4, -0.2) is 56.6 Å². The molecule has 0 saturated carbocycles. The molecule has 0 aliphatic carbocycles. The second kappa shape index (κ2) is 9.40. The third-order valence-corrected chi connectivity index (χ3v) is 4.76. The molecule has 2 aliphatic heterocycles. The topological polar surface area (TPSA) is 83.5 Å². The Morgan fingerprint density at radius 1 is 1.45 bits per heavy atom. The lowest BCUT2D eigenvalue weighted by Gasteiger charge is -2.30. The normalized spacial score (nSPS) is 19.0. The Morgan fingerprint density at radius 3 is 2.86 bits per heavy atom. The van der Waals surface area contributed by atoms with Gasteiger partial charge in [-0.05, 0) is 18.2 Å². The van der Waals surface area contributed by atoms with Crippen molar-refractivity contribution in [1.82, 2.24) is 5.32 Å². The van der Waals surface area contributed by atoms with Gasteiger partial charge in [0.1, 0.15) is 18.5 Å². The van der Waals surface area contributed by atoms with Crippen molar-refractivity contribution in [1.29, 1.82) is 0 Å². The van der Waals surface area contributed by atoms with Crippen LogP contribution in [0.15, 0.2) is 36.0 Å². The first kappa shape index (κ1) is 20.6. The number of oxime groups is 1. The number of nitrogens with one attached hydrogen (secondary N) is 1. The molecule has 0 aromatic heterocycles. The van der Waals surface area contributed by atoms with Gasteiger partial charge in [0.2, 0.25) is 5.91 Å². The standard InChI is InChI=1S/C20H25FN4O4/c1-3-10-28-23-15-6-8-24(9-7-15)19-5-4-16(11-18(19)21)25-13-17(29-20(25)27)12-22-14(2)26/h3-5,11,17H,1,6-10,12-13H2,2H3,(H,22,26).